The highest BCUT2D eigenvalue weighted by Crippen LogP contribution is 2.33. The molecule has 0 radical (unpaired) electrons. The van der Waals surface area contributed by atoms with Crippen LogP contribution in [0.1, 0.15) is 86.5 Å². The second kappa shape index (κ2) is 19.4. The minimum atomic E-state index is -1.26. The maximum atomic E-state index is 11.2. The molecule has 4 rings (SSSR count). The van der Waals surface area contributed by atoms with Gasteiger partial charge in [-0.25, -0.2) is 9.59 Å². The topological polar surface area (TPSA) is 115 Å². The van der Waals surface area contributed by atoms with Gasteiger partial charge in [-0.05, 0) is 81.4 Å². The third kappa shape index (κ3) is 10.4. The van der Waals surface area contributed by atoms with Crippen molar-refractivity contribution in [2.24, 2.45) is 0 Å². The van der Waals surface area contributed by atoms with Crippen LogP contribution >= 0.6 is 0 Å². The summed E-state index contributed by atoms with van der Waals surface area (Å²) in [5, 5.41) is 29.4. The smallest absolute Gasteiger partial charge is 0.335 e. The Kier molecular flexibility index (Phi) is 17.1. The van der Waals surface area contributed by atoms with Gasteiger partial charge in [-0.15, -0.1) is 0 Å². The first-order chi connectivity index (χ1) is 19.8. The Morgan fingerprint density at radius 3 is 0.829 bits per heavy atom. The molecule has 0 aliphatic heterocycles. The number of benzene rings is 4. The van der Waals surface area contributed by atoms with Crippen molar-refractivity contribution < 1.29 is 29.7 Å². The van der Waals surface area contributed by atoms with Crippen molar-refractivity contribution in [2.45, 2.75) is 55.4 Å². The van der Waals surface area contributed by atoms with Gasteiger partial charge in [0.2, 0.25) is 0 Å². The molecule has 41 heavy (non-hydrogen) atoms. The normalized spacial score (nSPS) is 9.07. The van der Waals surface area contributed by atoms with Crippen LogP contribution in [0.25, 0.3) is 33.4 Å². The third-order valence-corrected chi connectivity index (χ3v) is 5.32. The van der Waals surface area contributed by atoms with Crippen LogP contribution in [0.15, 0.2) is 91.0 Å². The molecular weight excluding hydrogens is 516 g/mol. The maximum absolute atomic E-state index is 11.2. The number of aromatic carboxylic acids is 3. The Balaban J connectivity index is 0.00000184. The second-order valence-electron chi connectivity index (χ2n) is 7.43. The van der Waals surface area contributed by atoms with Gasteiger partial charge in [0, 0.05) is 0 Å². The highest BCUT2D eigenvalue weighted by molar-refractivity contribution is 5.90. The van der Waals surface area contributed by atoms with Crippen LogP contribution < -0.4 is 5.11 Å². The Labute approximate surface area is 244 Å². The van der Waals surface area contributed by atoms with Gasteiger partial charge in [-0.2, -0.15) is 0 Å². The SMILES string of the molecule is CC.CC.CC.CC.O=C([O-])c1ccc(-c2cc(-c3ccc(C(=O)O)cc3)cc(-c3ccc(C(=O)O)cc3)c2)cc1. The quantitative estimate of drug-likeness (QED) is 0.245. The molecule has 0 atom stereocenters. The van der Waals surface area contributed by atoms with E-state index in [0.717, 1.165) is 33.4 Å². The summed E-state index contributed by atoms with van der Waals surface area (Å²) < 4.78 is 0. The lowest BCUT2D eigenvalue weighted by molar-refractivity contribution is -0.255. The fourth-order valence-electron chi connectivity index (χ4n) is 3.54. The van der Waals surface area contributed by atoms with Crippen LogP contribution in [-0.2, 0) is 0 Å². The first-order valence-corrected chi connectivity index (χ1v) is 14.0. The Morgan fingerprint density at radius 2 is 0.634 bits per heavy atom. The van der Waals surface area contributed by atoms with Crippen LogP contribution in [0, 0.1) is 0 Å². The number of carbonyl (C=O) groups excluding carboxylic acids is 1. The van der Waals surface area contributed by atoms with Crippen LogP contribution in [0.3, 0.4) is 0 Å². The molecule has 0 aliphatic carbocycles. The molecule has 0 aromatic heterocycles. The standard InChI is InChI=1S/C27H18O6.4C2H6/c28-25(29)19-7-1-16(2-8-19)22-13-23(17-3-9-20(10-4-17)26(30)31)15-24(14-22)18-5-11-21(12-6-18)27(32)33;4*1-2/h1-15H,(H,28,29)(H,30,31)(H,32,33);4*1-2H3/p-1. The number of hydrogen-bond donors (Lipinski definition) is 2. The molecule has 218 valence electrons. The first kappa shape index (κ1) is 36.3. The lowest BCUT2D eigenvalue weighted by atomic mass is 9.92. The van der Waals surface area contributed by atoms with E-state index in [9.17, 15) is 19.5 Å². The van der Waals surface area contributed by atoms with Gasteiger partial charge in [-0.3, -0.25) is 0 Å². The lowest BCUT2D eigenvalue weighted by Crippen LogP contribution is -2.21. The van der Waals surface area contributed by atoms with E-state index in [1.165, 1.54) is 36.4 Å². The average molecular weight is 558 g/mol. The van der Waals surface area contributed by atoms with Crippen molar-refractivity contribution in [2.75, 3.05) is 0 Å². The van der Waals surface area contributed by atoms with Crippen molar-refractivity contribution in [3.05, 3.63) is 108 Å². The molecule has 6 nitrogen and oxygen atoms in total. The minimum Gasteiger partial charge on any atom is -0.545 e. The van der Waals surface area contributed by atoms with Gasteiger partial charge in [0.1, 0.15) is 0 Å². The summed E-state index contributed by atoms with van der Waals surface area (Å²) in [6.07, 6.45) is 0. The number of carboxylic acids is 3. The molecule has 0 amide bonds. The molecule has 4 aromatic carbocycles. The predicted octanol–water partition coefficient (Wildman–Crippen LogP) is 8.55. The monoisotopic (exact) mass is 557 g/mol. The summed E-state index contributed by atoms with van der Waals surface area (Å²) in [5.74, 6) is -3.28. The highest BCUT2D eigenvalue weighted by atomic mass is 16.4. The summed E-state index contributed by atoms with van der Waals surface area (Å²) in [6, 6.07) is 25.1. The Morgan fingerprint density at radius 1 is 0.415 bits per heavy atom. The molecule has 0 bridgehead atoms. The lowest BCUT2D eigenvalue weighted by Gasteiger charge is -2.12. The van der Waals surface area contributed by atoms with Crippen LogP contribution in [-0.4, -0.2) is 28.1 Å². The van der Waals surface area contributed by atoms with Crippen molar-refractivity contribution in [1.29, 1.82) is 0 Å². The number of carboxylic acid groups (broad SMARTS) is 3. The number of hydrogen-bond acceptors (Lipinski definition) is 4. The van der Waals surface area contributed by atoms with Gasteiger partial charge in [0.25, 0.3) is 0 Å². The van der Waals surface area contributed by atoms with Crippen molar-refractivity contribution in [3.63, 3.8) is 0 Å². The number of carbonyl (C=O) groups is 3. The molecule has 0 saturated heterocycles. The number of rotatable bonds is 6. The predicted molar refractivity (Wildman–Crippen MR) is 166 cm³/mol. The van der Waals surface area contributed by atoms with Gasteiger partial charge in [0.05, 0.1) is 17.1 Å². The Bertz CT molecular complexity index is 1170. The summed E-state index contributed by atoms with van der Waals surface area (Å²) in [5.41, 5.74) is 5.28. The molecule has 0 fully saturated rings. The fourth-order valence-corrected chi connectivity index (χ4v) is 3.54. The average Bonchev–Trinajstić information content (AvgIpc) is 3.04. The van der Waals surface area contributed by atoms with E-state index in [2.05, 4.69) is 0 Å². The van der Waals surface area contributed by atoms with E-state index in [1.807, 2.05) is 73.6 Å². The van der Waals surface area contributed by atoms with Crippen LogP contribution in [0.4, 0.5) is 0 Å². The summed E-state index contributed by atoms with van der Waals surface area (Å²) in [6.45, 7) is 16.0. The molecule has 4 aromatic rings. The van der Waals surface area contributed by atoms with Crippen LogP contribution in [0.5, 0.6) is 0 Å². The summed E-state index contributed by atoms with van der Waals surface area (Å²) in [4.78, 5) is 33.5. The molecular formula is C35H41O6-. The maximum Gasteiger partial charge on any atom is 0.335 e. The highest BCUT2D eigenvalue weighted by Gasteiger charge is 2.10. The summed E-state index contributed by atoms with van der Waals surface area (Å²) >= 11 is 0. The molecule has 0 saturated carbocycles. The zero-order chi connectivity index (χ0) is 31.5. The minimum absolute atomic E-state index is 0.0728. The van der Waals surface area contributed by atoms with E-state index in [4.69, 9.17) is 10.2 Å². The fraction of sp³-hybridized carbons (Fsp3) is 0.229. The second-order valence-corrected chi connectivity index (χ2v) is 7.43. The van der Waals surface area contributed by atoms with Crippen molar-refractivity contribution in [1.82, 2.24) is 0 Å². The van der Waals surface area contributed by atoms with Gasteiger partial charge in [-0.1, -0.05) is 104 Å². The van der Waals surface area contributed by atoms with E-state index in [1.54, 1.807) is 36.4 Å². The zero-order valence-electron chi connectivity index (χ0n) is 25.2. The van der Waals surface area contributed by atoms with Crippen molar-refractivity contribution in [3.8, 4) is 33.4 Å². The molecule has 0 spiro atoms. The molecule has 2 N–H and O–H groups in total. The molecule has 0 heterocycles. The van der Waals surface area contributed by atoms with Crippen LogP contribution in [0.2, 0.25) is 0 Å². The van der Waals surface area contributed by atoms with E-state index >= 15 is 0 Å². The van der Waals surface area contributed by atoms with Gasteiger partial charge < -0.3 is 20.1 Å². The van der Waals surface area contributed by atoms with Gasteiger partial charge >= 0.3 is 11.9 Å². The van der Waals surface area contributed by atoms with Crippen molar-refractivity contribution >= 4 is 17.9 Å². The van der Waals surface area contributed by atoms with E-state index in [0.29, 0.717) is 0 Å². The Hall–Kier alpha value is -4.71. The molecule has 6 heteroatoms. The molecule has 0 aliphatic rings. The first-order valence-electron chi connectivity index (χ1n) is 14.0. The summed E-state index contributed by atoms with van der Waals surface area (Å²) in [7, 11) is 0. The largest absolute Gasteiger partial charge is 0.545 e. The van der Waals surface area contributed by atoms with E-state index in [-0.39, 0.29) is 16.7 Å². The third-order valence-electron chi connectivity index (χ3n) is 5.32. The zero-order valence-corrected chi connectivity index (χ0v) is 25.2. The molecule has 0 unspecified atom stereocenters. The van der Waals surface area contributed by atoms with Gasteiger partial charge in [0.15, 0.2) is 0 Å². The van der Waals surface area contributed by atoms with E-state index < -0.39 is 17.9 Å².